The molecular formula is C20H28BrNO2. The summed E-state index contributed by atoms with van der Waals surface area (Å²) in [6.45, 7) is 6.80. The summed E-state index contributed by atoms with van der Waals surface area (Å²) in [6, 6.07) is 6.19. The first-order chi connectivity index (χ1) is 11.4. The number of nitrogens with two attached hydrogens (primary N) is 1. The van der Waals surface area contributed by atoms with Crippen LogP contribution in [0.3, 0.4) is 0 Å². The Bertz CT molecular complexity index is 647. The van der Waals surface area contributed by atoms with Gasteiger partial charge in [0.25, 0.3) is 0 Å². The zero-order valence-corrected chi connectivity index (χ0v) is 16.5. The van der Waals surface area contributed by atoms with Gasteiger partial charge < -0.3 is 10.5 Å². The highest BCUT2D eigenvalue weighted by molar-refractivity contribution is 9.10. The Balaban J connectivity index is 2.11. The molecule has 0 saturated heterocycles. The Labute approximate surface area is 153 Å². The van der Waals surface area contributed by atoms with E-state index in [1.165, 1.54) is 5.56 Å². The molecule has 2 aliphatic rings. The summed E-state index contributed by atoms with van der Waals surface area (Å²) in [7, 11) is 0. The molecule has 0 amide bonds. The lowest BCUT2D eigenvalue weighted by Gasteiger charge is -2.49. The van der Waals surface area contributed by atoms with Crippen LogP contribution in [-0.4, -0.2) is 12.6 Å². The molecule has 1 fully saturated rings. The lowest BCUT2D eigenvalue weighted by molar-refractivity contribution is -0.158. The van der Waals surface area contributed by atoms with Crippen LogP contribution in [0.25, 0.3) is 0 Å². The van der Waals surface area contributed by atoms with Gasteiger partial charge in [-0.3, -0.25) is 0 Å². The van der Waals surface area contributed by atoms with Crippen molar-refractivity contribution in [1.29, 1.82) is 0 Å². The fraction of sp³-hybridized carbons (Fsp3) is 0.650. The lowest BCUT2D eigenvalue weighted by atomic mass is 9.57. The highest BCUT2D eigenvalue weighted by Gasteiger charge is 2.62. The standard InChI is InChI=1S/C20H28BrNO2/c1-4-14-11-19(9-8-13(14)3)12-15-6-7-16(21)10-17(15)20(19,22)18(23)24-5-2/h6-7,10,13-14H,4-5,8-9,11-12,22H2,1-3H3/t13-,14-,19-,20+/m0/s1. The zero-order valence-electron chi connectivity index (χ0n) is 14.9. The molecule has 4 atom stereocenters. The van der Waals surface area contributed by atoms with Gasteiger partial charge >= 0.3 is 5.97 Å². The number of carbonyl (C=O) groups is 1. The minimum absolute atomic E-state index is 0.213. The predicted octanol–water partition coefficient (Wildman–Crippen LogP) is 4.55. The first-order valence-corrected chi connectivity index (χ1v) is 9.92. The maximum atomic E-state index is 13.0. The first kappa shape index (κ1) is 17.9. The van der Waals surface area contributed by atoms with Gasteiger partial charge in [0, 0.05) is 9.89 Å². The summed E-state index contributed by atoms with van der Waals surface area (Å²) in [4.78, 5) is 13.0. The molecule has 0 bridgehead atoms. The van der Waals surface area contributed by atoms with E-state index in [1.807, 2.05) is 19.1 Å². The lowest BCUT2D eigenvalue weighted by Crippen LogP contribution is -2.58. The number of halogens is 1. The van der Waals surface area contributed by atoms with E-state index < -0.39 is 5.54 Å². The summed E-state index contributed by atoms with van der Waals surface area (Å²) < 4.78 is 6.44. The van der Waals surface area contributed by atoms with Gasteiger partial charge in [-0.2, -0.15) is 0 Å². The molecular weight excluding hydrogens is 366 g/mol. The molecule has 2 aliphatic carbocycles. The maximum Gasteiger partial charge on any atom is 0.331 e. The number of benzene rings is 1. The minimum atomic E-state index is -1.03. The van der Waals surface area contributed by atoms with Crippen LogP contribution in [0.2, 0.25) is 0 Å². The van der Waals surface area contributed by atoms with Crippen molar-refractivity contribution in [1.82, 2.24) is 0 Å². The topological polar surface area (TPSA) is 52.3 Å². The molecule has 1 aromatic rings. The van der Waals surface area contributed by atoms with Gasteiger partial charge in [-0.25, -0.2) is 4.79 Å². The van der Waals surface area contributed by atoms with Crippen LogP contribution in [0, 0.1) is 17.3 Å². The molecule has 1 saturated carbocycles. The van der Waals surface area contributed by atoms with Crippen molar-refractivity contribution in [3.63, 3.8) is 0 Å². The van der Waals surface area contributed by atoms with Crippen molar-refractivity contribution in [2.45, 2.75) is 58.4 Å². The third-order valence-corrected chi connectivity index (χ3v) is 7.01. The molecule has 0 aliphatic heterocycles. The Morgan fingerprint density at radius 2 is 2.17 bits per heavy atom. The van der Waals surface area contributed by atoms with E-state index in [2.05, 4.69) is 35.8 Å². The fourth-order valence-corrected chi connectivity index (χ4v) is 5.40. The Hall–Kier alpha value is -0.870. The van der Waals surface area contributed by atoms with E-state index in [1.54, 1.807) is 0 Å². The van der Waals surface area contributed by atoms with E-state index in [0.29, 0.717) is 18.4 Å². The third-order valence-electron chi connectivity index (χ3n) is 6.52. The van der Waals surface area contributed by atoms with Crippen LogP contribution < -0.4 is 5.73 Å². The number of esters is 1. The van der Waals surface area contributed by atoms with Crippen LogP contribution >= 0.6 is 15.9 Å². The summed E-state index contributed by atoms with van der Waals surface area (Å²) in [5.41, 5.74) is 7.87. The number of hydrogen-bond donors (Lipinski definition) is 1. The van der Waals surface area contributed by atoms with Crippen molar-refractivity contribution < 1.29 is 9.53 Å². The van der Waals surface area contributed by atoms with Crippen molar-refractivity contribution in [3.8, 4) is 0 Å². The molecule has 0 unspecified atom stereocenters. The summed E-state index contributed by atoms with van der Waals surface area (Å²) in [5, 5.41) is 0. The van der Waals surface area contributed by atoms with Gasteiger partial charge in [0.15, 0.2) is 0 Å². The molecule has 2 N–H and O–H groups in total. The van der Waals surface area contributed by atoms with Gasteiger partial charge in [0.1, 0.15) is 5.54 Å². The van der Waals surface area contributed by atoms with E-state index in [4.69, 9.17) is 10.5 Å². The van der Waals surface area contributed by atoms with Gasteiger partial charge in [-0.1, -0.05) is 42.3 Å². The van der Waals surface area contributed by atoms with Crippen LogP contribution in [0.15, 0.2) is 22.7 Å². The number of carbonyl (C=O) groups excluding carboxylic acids is 1. The largest absolute Gasteiger partial charge is 0.464 e. The van der Waals surface area contributed by atoms with E-state index in [-0.39, 0.29) is 11.4 Å². The minimum Gasteiger partial charge on any atom is -0.464 e. The second-order valence-corrected chi connectivity index (χ2v) is 8.59. The number of fused-ring (bicyclic) bond motifs is 1. The van der Waals surface area contributed by atoms with Crippen molar-refractivity contribution in [2.75, 3.05) is 6.61 Å². The van der Waals surface area contributed by atoms with Gasteiger partial charge in [0.2, 0.25) is 0 Å². The smallest absolute Gasteiger partial charge is 0.331 e. The second-order valence-electron chi connectivity index (χ2n) is 7.68. The van der Waals surface area contributed by atoms with Crippen molar-refractivity contribution >= 4 is 21.9 Å². The number of hydrogen-bond acceptors (Lipinski definition) is 3. The molecule has 4 heteroatoms. The molecule has 1 spiro atoms. The average Bonchev–Trinajstić information content (AvgIpc) is 2.80. The molecule has 1 aromatic carbocycles. The monoisotopic (exact) mass is 393 g/mol. The number of rotatable bonds is 3. The van der Waals surface area contributed by atoms with Crippen LogP contribution in [0.4, 0.5) is 0 Å². The van der Waals surface area contributed by atoms with E-state index in [9.17, 15) is 4.79 Å². The molecule has 132 valence electrons. The highest BCUT2D eigenvalue weighted by atomic mass is 79.9. The van der Waals surface area contributed by atoms with Crippen molar-refractivity contribution in [2.24, 2.45) is 23.0 Å². The van der Waals surface area contributed by atoms with Crippen LogP contribution in [0.5, 0.6) is 0 Å². The second kappa shape index (κ2) is 6.45. The van der Waals surface area contributed by atoms with Crippen LogP contribution in [-0.2, 0) is 21.5 Å². The molecule has 24 heavy (non-hydrogen) atoms. The molecule has 0 heterocycles. The predicted molar refractivity (Wildman–Crippen MR) is 99.6 cm³/mol. The molecule has 3 rings (SSSR count). The number of ether oxygens (including phenoxy) is 1. The van der Waals surface area contributed by atoms with E-state index >= 15 is 0 Å². The molecule has 0 aromatic heterocycles. The van der Waals surface area contributed by atoms with Crippen molar-refractivity contribution in [3.05, 3.63) is 33.8 Å². The van der Waals surface area contributed by atoms with Gasteiger partial charge in [0.05, 0.1) is 6.61 Å². The normalized spacial score (nSPS) is 35.0. The zero-order chi connectivity index (χ0) is 17.5. The summed E-state index contributed by atoms with van der Waals surface area (Å²) >= 11 is 3.54. The quantitative estimate of drug-likeness (QED) is 0.765. The summed E-state index contributed by atoms with van der Waals surface area (Å²) in [5.74, 6) is 1.06. The van der Waals surface area contributed by atoms with Gasteiger partial charge in [-0.15, -0.1) is 0 Å². The Kier molecular flexibility index (Phi) is 4.82. The average molecular weight is 394 g/mol. The molecule has 0 radical (unpaired) electrons. The first-order valence-electron chi connectivity index (χ1n) is 9.13. The molecule has 3 nitrogen and oxygen atoms in total. The summed E-state index contributed by atoms with van der Waals surface area (Å²) in [6.07, 6.45) is 5.15. The fourth-order valence-electron chi connectivity index (χ4n) is 5.04. The third kappa shape index (κ3) is 2.53. The van der Waals surface area contributed by atoms with Crippen LogP contribution in [0.1, 0.15) is 57.6 Å². The highest BCUT2D eigenvalue weighted by Crippen LogP contribution is 2.59. The Morgan fingerprint density at radius 3 is 2.83 bits per heavy atom. The SMILES string of the molecule is CCOC(=O)[C@]1(N)c2cc(Br)ccc2C[C@@]12CC[C@H](C)[C@@H](CC)C2. The van der Waals surface area contributed by atoms with Gasteiger partial charge in [-0.05, 0) is 67.7 Å². The maximum absolute atomic E-state index is 13.0. The van der Waals surface area contributed by atoms with E-state index in [0.717, 1.165) is 42.1 Å². The Morgan fingerprint density at radius 1 is 1.42 bits per heavy atom.